The van der Waals surface area contributed by atoms with Gasteiger partial charge >= 0.3 is 10.4 Å². The molecular weight excluding hydrogens is 246 g/mol. The van der Waals surface area contributed by atoms with Gasteiger partial charge in [0.25, 0.3) is 0 Å². The third-order valence-corrected chi connectivity index (χ3v) is 2.07. The van der Waals surface area contributed by atoms with E-state index in [2.05, 4.69) is 4.18 Å². The van der Waals surface area contributed by atoms with Gasteiger partial charge in [-0.1, -0.05) is 0 Å². The lowest BCUT2D eigenvalue weighted by molar-refractivity contribution is -0.136. The third-order valence-electron chi connectivity index (χ3n) is 1.65. The van der Waals surface area contributed by atoms with Crippen molar-refractivity contribution in [3.63, 3.8) is 0 Å². The van der Waals surface area contributed by atoms with Crippen LogP contribution in [0.25, 0.3) is 0 Å². The predicted molar refractivity (Wildman–Crippen MR) is 49.6 cm³/mol. The summed E-state index contributed by atoms with van der Waals surface area (Å²) in [6, 6.07) is -1.26. The number of rotatable bonds is 7. The van der Waals surface area contributed by atoms with E-state index in [1.165, 1.54) is 0 Å². The van der Waals surface area contributed by atoms with E-state index in [1.807, 2.05) is 0 Å². The average Bonchev–Trinajstić information content (AvgIpc) is 2.21. The maximum atomic E-state index is 11.0. The molecule has 16 heavy (non-hydrogen) atoms. The van der Waals surface area contributed by atoms with Gasteiger partial charge in [-0.15, -0.1) is 0 Å². The lowest BCUT2D eigenvalue weighted by Crippen LogP contribution is -2.49. The monoisotopic (exact) mass is 259 g/mol. The maximum Gasteiger partial charge on any atom is 0.397 e. The van der Waals surface area contributed by atoms with Gasteiger partial charge in [-0.3, -0.25) is 9.35 Å². The number of carbonyl (C=O) groups excluding carboxylic acids is 1. The molecule has 0 aliphatic heterocycles. The van der Waals surface area contributed by atoms with Crippen molar-refractivity contribution in [3.8, 4) is 0 Å². The van der Waals surface area contributed by atoms with Crippen LogP contribution in [-0.4, -0.2) is 65.5 Å². The number of carbonyl (C=O) groups is 1. The van der Waals surface area contributed by atoms with Gasteiger partial charge in [0.05, 0.1) is 12.6 Å². The Morgan fingerprint density at radius 2 is 1.88 bits per heavy atom. The summed E-state index contributed by atoms with van der Waals surface area (Å²) in [5, 5.41) is 26.8. The fourth-order valence-electron chi connectivity index (χ4n) is 0.751. The summed E-state index contributed by atoms with van der Waals surface area (Å²) in [6.45, 7) is -1.82. The van der Waals surface area contributed by atoms with Crippen LogP contribution < -0.4 is 5.73 Å². The van der Waals surface area contributed by atoms with Crippen molar-refractivity contribution in [2.24, 2.45) is 5.73 Å². The Labute approximate surface area is 91.4 Å². The van der Waals surface area contributed by atoms with Crippen LogP contribution in [0, 0.1) is 0 Å². The van der Waals surface area contributed by atoms with E-state index in [1.54, 1.807) is 0 Å². The van der Waals surface area contributed by atoms with E-state index in [4.69, 9.17) is 25.6 Å². The second-order valence-electron chi connectivity index (χ2n) is 2.94. The van der Waals surface area contributed by atoms with Crippen molar-refractivity contribution in [1.82, 2.24) is 0 Å². The molecule has 0 aromatic carbocycles. The minimum Gasteiger partial charge on any atom is -0.395 e. The zero-order valence-electron chi connectivity index (χ0n) is 8.05. The lowest BCUT2D eigenvalue weighted by Gasteiger charge is -2.20. The van der Waals surface area contributed by atoms with Gasteiger partial charge in [0.15, 0.2) is 5.78 Å². The van der Waals surface area contributed by atoms with E-state index in [0.717, 1.165) is 0 Å². The van der Waals surface area contributed by atoms with Gasteiger partial charge in [-0.2, -0.15) is 8.42 Å². The number of aliphatic hydroxyl groups is 3. The van der Waals surface area contributed by atoms with Crippen LogP contribution in [-0.2, 0) is 19.4 Å². The molecule has 0 aromatic rings. The smallest absolute Gasteiger partial charge is 0.395 e. The number of hydrogen-bond donors (Lipinski definition) is 5. The highest BCUT2D eigenvalue weighted by Crippen LogP contribution is 2.01. The van der Waals surface area contributed by atoms with E-state index in [0.29, 0.717) is 0 Å². The van der Waals surface area contributed by atoms with Gasteiger partial charge in [0.1, 0.15) is 18.8 Å². The largest absolute Gasteiger partial charge is 0.397 e. The first-order chi connectivity index (χ1) is 7.19. The molecule has 0 aliphatic rings. The van der Waals surface area contributed by atoms with Crippen molar-refractivity contribution in [3.05, 3.63) is 0 Å². The molecule has 0 unspecified atom stereocenters. The maximum absolute atomic E-state index is 11.0. The number of ketones is 1. The molecule has 9 nitrogen and oxygen atoms in total. The molecule has 3 atom stereocenters. The summed E-state index contributed by atoms with van der Waals surface area (Å²) in [7, 11) is -4.80. The molecule has 0 aliphatic carbocycles. The average molecular weight is 259 g/mol. The van der Waals surface area contributed by atoms with Crippen LogP contribution in [0.2, 0.25) is 0 Å². The highest BCUT2D eigenvalue weighted by molar-refractivity contribution is 7.80. The highest BCUT2D eigenvalue weighted by Gasteiger charge is 2.29. The molecule has 96 valence electrons. The summed E-state index contributed by atoms with van der Waals surface area (Å²) >= 11 is 0. The number of aliphatic hydroxyl groups excluding tert-OH is 3. The van der Waals surface area contributed by atoms with Crippen LogP contribution in [0.5, 0.6) is 0 Å². The highest BCUT2D eigenvalue weighted by atomic mass is 32.3. The molecule has 0 fully saturated rings. The summed E-state index contributed by atoms with van der Waals surface area (Å²) in [5.74, 6) is -1.20. The zero-order chi connectivity index (χ0) is 12.9. The second-order valence-corrected chi connectivity index (χ2v) is 4.03. The first-order valence-corrected chi connectivity index (χ1v) is 5.42. The SMILES string of the molecule is N[C@@H](CO)[C@@H](O)[C@H](O)C(=O)COS(=O)(=O)O. The quantitative estimate of drug-likeness (QED) is 0.290. The number of hydrogen-bond acceptors (Lipinski definition) is 8. The molecule has 0 saturated carbocycles. The Balaban J connectivity index is 4.29. The normalized spacial score (nSPS) is 17.8. The van der Waals surface area contributed by atoms with Gasteiger partial charge < -0.3 is 21.1 Å². The van der Waals surface area contributed by atoms with Crippen LogP contribution in [0.1, 0.15) is 0 Å². The third kappa shape index (κ3) is 5.46. The molecule has 0 aromatic heterocycles. The fourth-order valence-corrected chi connectivity index (χ4v) is 1.02. The minimum absolute atomic E-state index is 0.676. The van der Waals surface area contributed by atoms with E-state index in [-0.39, 0.29) is 0 Å². The molecule has 0 radical (unpaired) electrons. The molecule has 0 amide bonds. The topological polar surface area (TPSA) is 167 Å². The Morgan fingerprint density at radius 3 is 2.25 bits per heavy atom. The standard InChI is InChI=1S/C6H13NO8S/c7-3(1-8)5(10)6(11)4(9)2-15-16(12,13)14/h3,5-6,8,10-11H,1-2,7H2,(H,12,13,14)/t3-,5+,6+/m0/s1. The molecule has 10 heteroatoms. The Kier molecular flexibility index (Phi) is 5.96. The predicted octanol–water partition coefficient (Wildman–Crippen LogP) is -3.58. The molecule has 6 N–H and O–H groups in total. The minimum atomic E-state index is -4.80. The molecule has 0 saturated heterocycles. The van der Waals surface area contributed by atoms with Crippen LogP contribution in [0.4, 0.5) is 0 Å². The Hall–Kier alpha value is -0.620. The van der Waals surface area contributed by atoms with E-state index >= 15 is 0 Å². The number of Topliss-reactive ketones (excluding diaryl/α,β-unsaturated/α-hetero) is 1. The lowest BCUT2D eigenvalue weighted by atomic mass is 10.0. The van der Waals surface area contributed by atoms with Crippen LogP contribution >= 0.6 is 0 Å². The summed E-state index contributed by atoms with van der Waals surface area (Å²) in [5.41, 5.74) is 5.12. The fraction of sp³-hybridized carbons (Fsp3) is 0.833. The zero-order valence-corrected chi connectivity index (χ0v) is 8.87. The van der Waals surface area contributed by atoms with E-state index < -0.39 is 47.6 Å². The second kappa shape index (κ2) is 6.20. The molecule has 0 spiro atoms. The van der Waals surface area contributed by atoms with Gasteiger partial charge in [-0.25, -0.2) is 4.18 Å². The molecule has 0 bridgehead atoms. The molecule has 0 rings (SSSR count). The Morgan fingerprint density at radius 1 is 1.38 bits per heavy atom. The van der Waals surface area contributed by atoms with Crippen molar-refractivity contribution < 1.29 is 37.3 Å². The van der Waals surface area contributed by atoms with Gasteiger partial charge in [0, 0.05) is 0 Å². The van der Waals surface area contributed by atoms with Crippen molar-refractivity contribution in [2.45, 2.75) is 18.2 Å². The molecular formula is C6H13NO8S. The Bertz CT molecular complexity index is 327. The van der Waals surface area contributed by atoms with Crippen molar-refractivity contribution in [1.29, 1.82) is 0 Å². The first kappa shape index (κ1) is 15.4. The first-order valence-electron chi connectivity index (χ1n) is 4.06. The van der Waals surface area contributed by atoms with E-state index in [9.17, 15) is 13.2 Å². The summed E-state index contributed by atoms with van der Waals surface area (Å²) in [6.07, 6.45) is -3.77. The summed E-state index contributed by atoms with van der Waals surface area (Å²) < 4.78 is 32.0. The molecule has 0 heterocycles. The van der Waals surface area contributed by atoms with Crippen molar-refractivity contribution in [2.75, 3.05) is 13.2 Å². The van der Waals surface area contributed by atoms with Gasteiger partial charge in [-0.05, 0) is 0 Å². The number of nitrogens with two attached hydrogens (primary N) is 1. The van der Waals surface area contributed by atoms with Crippen LogP contribution in [0.15, 0.2) is 0 Å². The van der Waals surface area contributed by atoms with Crippen LogP contribution in [0.3, 0.4) is 0 Å². The van der Waals surface area contributed by atoms with Crippen molar-refractivity contribution >= 4 is 16.2 Å². The summed E-state index contributed by atoms with van der Waals surface area (Å²) in [4.78, 5) is 11.0. The van der Waals surface area contributed by atoms with Gasteiger partial charge in [0.2, 0.25) is 0 Å².